The first-order valence-corrected chi connectivity index (χ1v) is 27.3. The highest BCUT2D eigenvalue weighted by atomic mass is 31.2. The van der Waals surface area contributed by atoms with E-state index in [0.29, 0.717) is 31.2 Å². The van der Waals surface area contributed by atoms with Crippen LogP contribution in [0, 0.1) is 0 Å². The minimum Gasteiger partial charge on any atom is -0.382 e. The molecule has 0 aliphatic heterocycles. The Kier molecular flexibility index (Phi) is 30.1. The van der Waals surface area contributed by atoms with Crippen LogP contribution in [0.3, 0.4) is 0 Å². The first kappa shape index (κ1) is 53.3. The van der Waals surface area contributed by atoms with Gasteiger partial charge in [-0.2, -0.15) is 0 Å². The smallest absolute Gasteiger partial charge is 0.330 e. The van der Waals surface area contributed by atoms with Crippen molar-refractivity contribution in [2.45, 2.75) is 232 Å². The molecule has 350 valence electrons. The molecule has 61 heavy (non-hydrogen) atoms. The van der Waals surface area contributed by atoms with Crippen molar-refractivity contribution in [3.8, 4) is 0 Å². The number of pyridine rings is 1. The van der Waals surface area contributed by atoms with E-state index in [9.17, 15) is 9.46 Å². The first-order chi connectivity index (χ1) is 29.9. The number of fused-ring (bicyclic) bond motifs is 3. The van der Waals surface area contributed by atoms with Gasteiger partial charge in [-0.1, -0.05) is 212 Å². The minimum absolute atomic E-state index is 0.0261. The Morgan fingerprint density at radius 1 is 0.623 bits per heavy atom. The second kappa shape index (κ2) is 34.4. The molecule has 2 atom stereocenters. The SMILES string of the molecule is CCCCCCCCCCCCCCCCOCC(COP(=O)(O)CCn1c(CCCC)nc2c(N)nc3ccccc3c21)OCCCCCCCCCCCCCCCC. The van der Waals surface area contributed by atoms with Crippen molar-refractivity contribution >= 4 is 35.3 Å². The summed E-state index contributed by atoms with van der Waals surface area (Å²) in [6.45, 7) is 8.67. The molecule has 0 aliphatic rings. The van der Waals surface area contributed by atoms with Crippen molar-refractivity contribution in [2.75, 3.05) is 38.3 Å². The average Bonchev–Trinajstić information content (AvgIpc) is 3.64. The zero-order valence-corrected chi connectivity index (χ0v) is 40.4. The van der Waals surface area contributed by atoms with Gasteiger partial charge in [0.15, 0.2) is 5.82 Å². The summed E-state index contributed by atoms with van der Waals surface area (Å²) in [5.74, 6) is 1.23. The number of nitrogen functional groups attached to an aromatic ring is 1. The Bertz CT molecular complexity index is 1570. The number of imidazole rings is 1. The molecular formula is C51H91N4O5P. The van der Waals surface area contributed by atoms with E-state index < -0.39 is 13.7 Å². The van der Waals surface area contributed by atoms with E-state index in [0.717, 1.165) is 60.8 Å². The molecule has 10 heteroatoms. The third-order valence-corrected chi connectivity index (χ3v) is 13.6. The Balaban J connectivity index is 1.42. The van der Waals surface area contributed by atoms with Gasteiger partial charge in [0.1, 0.15) is 17.4 Å². The fourth-order valence-electron chi connectivity index (χ4n) is 8.47. The van der Waals surface area contributed by atoms with Crippen molar-refractivity contribution in [2.24, 2.45) is 0 Å². The van der Waals surface area contributed by atoms with E-state index >= 15 is 0 Å². The molecule has 3 rings (SSSR count). The number of hydrogen-bond acceptors (Lipinski definition) is 7. The zero-order valence-electron chi connectivity index (χ0n) is 39.5. The summed E-state index contributed by atoms with van der Waals surface area (Å²) < 4.78 is 33.9. The number of aromatic nitrogens is 3. The molecule has 2 aromatic heterocycles. The van der Waals surface area contributed by atoms with Crippen molar-refractivity contribution in [1.29, 1.82) is 0 Å². The number of nitrogens with two attached hydrogens (primary N) is 1. The molecular weight excluding hydrogens is 780 g/mol. The van der Waals surface area contributed by atoms with Gasteiger partial charge in [-0.3, -0.25) is 4.57 Å². The Labute approximate surface area is 373 Å². The van der Waals surface area contributed by atoms with E-state index in [1.54, 1.807) is 0 Å². The van der Waals surface area contributed by atoms with E-state index in [2.05, 4.69) is 30.3 Å². The largest absolute Gasteiger partial charge is 0.382 e. The summed E-state index contributed by atoms with van der Waals surface area (Å²) in [5, 5.41) is 0.934. The highest BCUT2D eigenvalue weighted by molar-refractivity contribution is 7.52. The summed E-state index contributed by atoms with van der Waals surface area (Å²) >= 11 is 0. The molecule has 3 N–H and O–H groups in total. The van der Waals surface area contributed by atoms with Crippen LogP contribution in [-0.4, -0.2) is 58.1 Å². The molecule has 0 bridgehead atoms. The van der Waals surface area contributed by atoms with Crippen molar-refractivity contribution in [3.63, 3.8) is 0 Å². The molecule has 0 aliphatic carbocycles. The molecule has 0 amide bonds. The van der Waals surface area contributed by atoms with E-state index in [-0.39, 0.29) is 19.3 Å². The average molecular weight is 871 g/mol. The van der Waals surface area contributed by atoms with Crippen LogP contribution in [0.2, 0.25) is 0 Å². The number of benzene rings is 1. The van der Waals surface area contributed by atoms with Gasteiger partial charge < -0.3 is 29.2 Å². The summed E-state index contributed by atoms with van der Waals surface area (Å²) in [7, 11) is -3.97. The standard InChI is InChI=1S/C51H91N4O5P/c1-4-7-10-12-14-16-18-20-22-24-26-28-30-34-40-58-43-45(59-41-35-31-29-27-25-23-21-19-17-15-13-11-8-5-2)44-60-61(56,57)42-39-55-48(38-9-6-3)54-49-50(55)46-36-32-33-37-47(46)53-51(49)52/h32-33,36-37,45H,4-31,34-35,38-44H2,1-3H3,(H2,52,53)(H,56,57). The molecule has 3 aromatic rings. The molecule has 9 nitrogen and oxygen atoms in total. The monoisotopic (exact) mass is 871 g/mol. The molecule has 0 saturated heterocycles. The number of anilines is 1. The van der Waals surface area contributed by atoms with Crippen LogP contribution < -0.4 is 5.73 Å². The van der Waals surface area contributed by atoms with Gasteiger partial charge in [0.25, 0.3) is 0 Å². The second-order valence-corrected chi connectivity index (χ2v) is 19.9. The predicted octanol–water partition coefficient (Wildman–Crippen LogP) is 15.1. The van der Waals surface area contributed by atoms with Gasteiger partial charge in [-0.05, 0) is 25.3 Å². The number of ether oxygens (including phenoxy) is 2. The molecule has 1 aromatic carbocycles. The summed E-state index contributed by atoms with van der Waals surface area (Å²) in [4.78, 5) is 20.6. The number of nitrogens with zero attached hydrogens (tertiary/aromatic N) is 3. The summed E-state index contributed by atoms with van der Waals surface area (Å²) in [6.07, 6.45) is 39.2. The van der Waals surface area contributed by atoms with Crippen molar-refractivity contribution in [3.05, 3.63) is 30.1 Å². The Hall–Kier alpha value is -2.03. The van der Waals surface area contributed by atoms with Crippen LogP contribution >= 0.6 is 7.60 Å². The van der Waals surface area contributed by atoms with E-state index in [1.807, 2.05) is 24.3 Å². The second-order valence-electron chi connectivity index (χ2n) is 17.9. The third kappa shape index (κ3) is 23.5. The number of para-hydroxylation sites is 1. The molecule has 2 unspecified atom stereocenters. The Morgan fingerprint density at radius 2 is 1.10 bits per heavy atom. The lowest BCUT2D eigenvalue weighted by molar-refractivity contribution is -0.0403. The minimum atomic E-state index is -3.97. The van der Waals surface area contributed by atoms with Gasteiger partial charge in [0.2, 0.25) is 0 Å². The van der Waals surface area contributed by atoms with Crippen LogP contribution in [0.25, 0.3) is 21.9 Å². The van der Waals surface area contributed by atoms with Gasteiger partial charge in [0.05, 0.1) is 30.4 Å². The molecule has 0 spiro atoms. The number of aryl methyl sites for hydroxylation is 2. The van der Waals surface area contributed by atoms with Crippen LogP contribution in [0.5, 0.6) is 0 Å². The van der Waals surface area contributed by atoms with Gasteiger partial charge >= 0.3 is 7.60 Å². The summed E-state index contributed by atoms with van der Waals surface area (Å²) in [6, 6.07) is 7.87. The van der Waals surface area contributed by atoms with Gasteiger partial charge in [0, 0.05) is 31.6 Å². The Morgan fingerprint density at radius 3 is 1.62 bits per heavy atom. The van der Waals surface area contributed by atoms with Gasteiger partial charge in [-0.15, -0.1) is 0 Å². The van der Waals surface area contributed by atoms with Crippen LogP contribution in [0.15, 0.2) is 24.3 Å². The maximum absolute atomic E-state index is 13.6. The molecule has 0 saturated carbocycles. The van der Waals surface area contributed by atoms with Crippen molar-refractivity contribution in [1.82, 2.24) is 14.5 Å². The maximum Gasteiger partial charge on any atom is 0.330 e. The lowest BCUT2D eigenvalue weighted by Gasteiger charge is -2.21. The molecule has 2 heterocycles. The zero-order chi connectivity index (χ0) is 43.6. The molecule has 0 fully saturated rings. The van der Waals surface area contributed by atoms with E-state index in [4.69, 9.17) is 24.7 Å². The van der Waals surface area contributed by atoms with Crippen LogP contribution in [-0.2, 0) is 31.5 Å². The maximum atomic E-state index is 13.6. The van der Waals surface area contributed by atoms with Crippen LogP contribution in [0.1, 0.15) is 219 Å². The number of rotatable bonds is 42. The highest BCUT2D eigenvalue weighted by Crippen LogP contribution is 2.43. The lowest BCUT2D eigenvalue weighted by Crippen LogP contribution is -2.26. The number of hydrogen-bond donors (Lipinski definition) is 2. The fourth-order valence-corrected chi connectivity index (χ4v) is 9.45. The molecule has 0 radical (unpaired) electrons. The lowest BCUT2D eigenvalue weighted by atomic mass is 10.0. The third-order valence-electron chi connectivity index (χ3n) is 12.3. The first-order valence-electron chi connectivity index (χ1n) is 25.6. The topological polar surface area (TPSA) is 122 Å². The fraction of sp³-hybridized carbons (Fsp3) is 0.804. The van der Waals surface area contributed by atoms with Crippen LogP contribution in [0.4, 0.5) is 5.82 Å². The quantitative estimate of drug-likeness (QED) is 0.0426. The summed E-state index contributed by atoms with van der Waals surface area (Å²) in [5.41, 5.74) is 8.68. The normalized spacial score (nSPS) is 13.4. The predicted molar refractivity (Wildman–Crippen MR) is 260 cm³/mol. The highest BCUT2D eigenvalue weighted by Gasteiger charge is 2.25. The van der Waals surface area contributed by atoms with Gasteiger partial charge in [-0.25, -0.2) is 9.97 Å². The van der Waals surface area contributed by atoms with Crippen molar-refractivity contribution < 1.29 is 23.5 Å². The number of unbranched alkanes of at least 4 members (excludes halogenated alkanes) is 27. The van der Waals surface area contributed by atoms with E-state index in [1.165, 1.54) is 161 Å².